The standard InChI is InChI=1S/C27H22ClN3O3/c1-17-16-24(26(32)30-18(2)27(33)34-23-14-12-22(28)13-15-23)31-25(29-17)21-10-8-20(9-11-21)19-6-4-3-5-7-19/h3-16,18H,1-2H3,(H,30,32). The van der Waals surface area contributed by atoms with Gasteiger partial charge in [-0.1, -0.05) is 66.2 Å². The van der Waals surface area contributed by atoms with E-state index < -0.39 is 17.9 Å². The van der Waals surface area contributed by atoms with Crippen LogP contribution in [0.15, 0.2) is 84.9 Å². The van der Waals surface area contributed by atoms with Crippen LogP contribution in [0, 0.1) is 6.92 Å². The molecular weight excluding hydrogens is 450 g/mol. The summed E-state index contributed by atoms with van der Waals surface area (Å²) in [5.41, 5.74) is 3.77. The molecule has 1 heterocycles. The highest BCUT2D eigenvalue weighted by atomic mass is 35.5. The summed E-state index contributed by atoms with van der Waals surface area (Å²) in [6, 6.07) is 25.0. The second kappa shape index (κ2) is 10.3. The molecule has 4 aromatic rings. The van der Waals surface area contributed by atoms with Crippen LogP contribution >= 0.6 is 11.6 Å². The Hall–Kier alpha value is -4.03. The second-order valence-corrected chi connectivity index (χ2v) is 8.17. The first-order valence-corrected chi connectivity index (χ1v) is 11.1. The summed E-state index contributed by atoms with van der Waals surface area (Å²) >= 11 is 5.84. The van der Waals surface area contributed by atoms with E-state index in [0.29, 0.717) is 22.3 Å². The van der Waals surface area contributed by atoms with Crippen molar-refractivity contribution >= 4 is 23.5 Å². The van der Waals surface area contributed by atoms with Gasteiger partial charge in [-0.3, -0.25) is 4.79 Å². The summed E-state index contributed by atoms with van der Waals surface area (Å²) in [5, 5.41) is 3.17. The molecule has 1 N–H and O–H groups in total. The lowest BCUT2D eigenvalue weighted by Crippen LogP contribution is -2.41. The second-order valence-electron chi connectivity index (χ2n) is 7.73. The zero-order chi connectivity index (χ0) is 24.1. The molecule has 0 aliphatic rings. The highest BCUT2D eigenvalue weighted by Gasteiger charge is 2.20. The van der Waals surface area contributed by atoms with Crippen molar-refractivity contribution in [1.29, 1.82) is 0 Å². The highest BCUT2D eigenvalue weighted by molar-refractivity contribution is 6.30. The third kappa shape index (κ3) is 5.66. The minimum absolute atomic E-state index is 0.167. The van der Waals surface area contributed by atoms with Gasteiger partial charge in [0.1, 0.15) is 17.5 Å². The first kappa shape index (κ1) is 23.1. The Morgan fingerprint density at radius 3 is 2.15 bits per heavy atom. The molecule has 1 atom stereocenters. The van der Waals surface area contributed by atoms with Gasteiger partial charge < -0.3 is 10.1 Å². The van der Waals surface area contributed by atoms with Crippen LogP contribution in [-0.2, 0) is 4.79 Å². The van der Waals surface area contributed by atoms with E-state index in [-0.39, 0.29) is 5.69 Å². The van der Waals surface area contributed by atoms with E-state index >= 15 is 0 Å². The summed E-state index contributed by atoms with van der Waals surface area (Å²) in [7, 11) is 0. The number of halogens is 1. The summed E-state index contributed by atoms with van der Waals surface area (Å²) in [6.45, 7) is 3.34. The molecule has 1 unspecified atom stereocenters. The van der Waals surface area contributed by atoms with Gasteiger partial charge in [-0.25, -0.2) is 14.8 Å². The molecule has 3 aromatic carbocycles. The van der Waals surface area contributed by atoms with Gasteiger partial charge in [0, 0.05) is 16.3 Å². The number of amides is 1. The van der Waals surface area contributed by atoms with Crippen molar-refractivity contribution < 1.29 is 14.3 Å². The molecule has 0 spiro atoms. The summed E-state index contributed by atoms with van der Waals surface area (Å²) in [6.07, 6.45) is 0. The molecule has 7 heteroatoms. The predicted octanol–water partition coefficient (Wildman–Crippen LogP) is 5.50. The molecule has 6 nitrogen and oxygen atoms in total. The summed E-state index contributed by atoms with van der Waals surface area (Å²) in [4.78, 5) is 34.1. The van der Waals surface area contributed by atoms with Crippen molar-refractivity contribution in [2.45, 2.75) is 19.9 Å². The van der Waals surface area contributed by atoms with Gasteiger partial charge in [-0.2, -0.15) is 0 Å². The molecule has 1 aromatic heterocycles. The quantitative estimate of drug-likeness (QED) is 0.297. The van der Waals surface area contributed by atoms with Gasteiger partial charge in [0.25, 0.3) is 5.91 Å². The molecule has 34 heavy (non-hydrogen) atoms. The van der Waals surface area contributed by atoms with Gasteiger partial charge in [0.05, 0.1) is 0 Å². The average molecular weight is 472 g/mol. The molecule has 170 valence electrons. The minimum Gasteiger partial charge on any atom is -0.425 e. The van der Waals surface area contributed by atoms with Crippen molar-refractivity contribution in [3.8, 4) is 28.3 Å². The van der Waals surface area contributed by atoms with Crippen LogP contribution in [0.4, 0.5) is 0 Å². The Morgan fingerprint density at radius 1 is 0.853 bits per heavy atom. The monoisotopic (exact) mass is 471 g/mol. The number of aryl methyl sites for hydroxylation is 1. The Bertz CT molecular complexity index is 1310. The van der Waals surface area contributed by atoms with Gasteiger partial charge in [0.2, 0.25) is 0 Å². The third-order valence-corrected chi connectivity index (χ3v) is 5.32. The first-order valence-electron chi connectivity index (χ1n) is 10.7. The van der Waals surface area contributed by atoms with Crippen molar-refractivity contribution in [2.75, 3.05) is 0 Å². The Kier molecular flexibility index (Phi) is 6.99. The highest BCUT2D eigenvalue weighted by Crippen LogP contribution is 2.23. The van der Waals surface area contributed by atoms with Crippen LogP contribution < -0.4 is 10.1 Å². The number of carbonyl (C=O) groups excluding carboxylic acids is 2. The van der Waals surface area contributed by atoms with E-state index in [9.17, 15) is 9.59 Å². The Morgan fingerprint density at radius 2 is 1.47 bits per heavy atom. The van der Waals surface area contributed by atoms with Crippen molar-refractivity contribution in [1.82, 2.24) is 15.3 Å². The average Bonchev–Trinajstić information content (AvgIpc) is 2.85. The maximum absolute atomic E-state index is 12.8. The predicted molar refractivity (Wildman–Crippen MR) is 132 cm³/mol. The fourth-order valence-corrected chi connectivity index (χ4v) is 3.42. The minimum atomic E-state index is -0.882. The SMILES string of the molecule is Cc1cc(C(=O)NC(C)C(=O)Oc2ccc(Cl)cc2)nc(-c2ccc(-c3ccccc3)cc2)n1. The third-order valence-electron chi connectivity index (χ3n) is 5.07. The van der Waals surface area contributed by atoms with Gasteiger partial charge >= 0.3 is 5.97 Å². The zero-order valence-electron chi connectivity index (χ0n) is 18.7. The number of aromatic nitrogens is 2. The van der Waals surface area contributed by atoms with Gasteiger partial charge in [-0.05, 0) is 55.3 Å². The maximum atomic E-state index is 12.8. The molecule has 0 aliphatic heterocycles. The fourth-order valence-electron chi connectivity index (χ4n) is 3.29. The van der Waals surface area contributed by atoms with E-state index in [1.165, 1.54) is 0 Å². The summed E-state index contributed by atoms with van der Waals surface area (Å²) < 4.78 is 5.29. The lowest BCUT2D eigenvalue weighted by molar-refractivity contribution is -0.136. The van der Waals surface area contributed by atoms with E-state index in [1.54, 1.807) is 44.2 Å². The van der Waals surface area contributed by atoms with Crippen molar-refractivity contribution in [2.24, 2.45) is 0 Å². The molecule has 0 bridgehead atoms. The van der Waals surface area contributed by atoms with E-state index in [4.69, 9.17) is 16.3 Å². The van der Waals surface area contributed by atoms with Gasteiger partial charge in [-0.15, -0.1) is 0 Å². The number of esters is 1. The normalized spacial score (nSPS) is 11.5. The smallest absolute Gasteiger partial charge is 0.333 e. The number of hydrogen-bond donors (Lipinski definition) is 1. The van der Waals surface area contributed by atoms with Crippen LogP contribution in [0.2, 0.25) is 5.02 Å². The molecule has 1 amide bonds. The van der Waals surface area contributed by atoms with Crippen LogP contribution in [0.5, 0.6) is 5.75 Å². The molecule has 0 fully saturated rings. The van der Waals surface area contributed by atoms with Crippen LogP contribution in [0.3, 0.4) is 0 Å². The van der Waals surface area contributed by atoms with Crippen molar-refractivity contribution in [3.05, 3.63) is 101 Å². The number of nitrogens with zero attached hydrogens (tertiary/aromatic N) is 2. The summed E-state index contributed by atoms with van der Waals surface area (Å²) in [5.74, 6) is -0.317. The Balaban J connectivity index is 1.47. The van der Waals surface area contributed by atoms with Crippen molar-refractivity contribution in [3.63, 3.8) is 0 Å². The number of carbonyl (C=O) groups is 2. The van der Waals surface area contributed by atoms with Crippen LogP contribution in [0.25, 0.3) is 22.5 Å². The lowest BCUT2D eigenvalue weighted by Gasteiger charge is -2.13. The number of rotatable bonds is 6. The number of ether oxygens (including phenoxy) is 1. The number of benzene rings is 3. The zero-order valence-corrected chi connectivity index (χ0v) is 19.4. The first-order chi connectivity index (χ1) is 16.4. The van der Waals surface area contributed by atoms with Gasteiger partial charge in [0.15, 0.2) is 5.82 Å². The topological polar surface area (TPSA) is 81.2 Å². The fraction of sp³-hybridized carbons (Fsp3) is 0.111. The maximum Gasteiger partial charge on any atom is 0.333 e. The number of hydrogen-bond acceptors (Lipinski definition) is 5. The molecule has 4 rings (SSSR count). The molecule has 0 saturated heterocycles. The van der Waals surface area contributed by atoms with E-state index in [0.717, 1.165) is 16.7 Å². The number of nitrogens with one attached hydrogen (secondary N) is 1. The molecule has 0 saturated carbocycles. The molecule has 0 aliphatic carbocycles. The van der Waals surface area contributed by atoms with E-state index in [1.807, 2.05) is 54.6 Å². The van der Waals surface area contributed by atoms with E-state index in [2.05, 4.69) is 15.3 Å². The lowest BCUT2D eigenvalue weighted by atomic mass is 10.0. The molecular formula is C27H22ClN3O3. The molecule has 0 radical (unpaired) electrons. The largest absolute Gasteiger partial charge is 0.425 e. The Labute approximate surface area is 202 Å². The van der Waals surface area contributed by atoms with Crippen LogP contribution in [0.1, 0.15) is 23.1 Å². The van der Waals surface area contributed by atoms with Crippen LogP contribution in [-0.4, -0.2) is 27.9 Å².